The first-order chi connectivity index (χ1) is 14.9. The summed E-state index contributed by atoms with van der Waals surface area (Å²) < 4.78 is 45.7. The zero-order valence-corrected chi connectivity index (χ0v) is 18.3. The fraction of sp³-hybridized carbons (Fsp3) is 0.423. The van der Waals surface area contributed by atoms with Crippen molar-refractivity contribution in [1.29, 1.82) is 0 Å². The highest BCUT2D eigenvalue weighted by Gasteiger charge is 2.31. The molecule has 3 aromatic rings. The standard InChI is InChI=1S/C26H30F3NO/c1-3-4-5-6-7-8-9-16-31-22-13-11-20-14-15-30-25(24(20)18-22)23-17-21(26(27,28)29)12-10-19(23)2/h10-15,17-18H,3-9,16H2,1-2H3. The Morgan fingerprint density at radius 1 is 0.871 bits per heavy atom. The minimum Gasteiger partial charge on any atom is -0.494 e. The van der Waals surface area contributed by atoms with Gasteiger partial charge in [0.2, 0.25) is 0 Å². The molecule has 31 heavy (non-hydrogen) atoms. The molecule has 0 saturated carbocycles. The molecule has 0 spiro atoms. The highest BCUT2D eigenvalue weighted by Crippen LogP contribution is 2.36. The molecule has 5 heteroatoms. The molecule has 1 heterocycles. The number of aromatic nitrogens is 1. The Morgan fingerprint density at radius 2 is 1.61 bits per heavy atom. The maximum Gasteiger partial charge on any atom is 0.416 e. The van der Waals surface area contributed by atoms with Crippen LogP contribution < -0.4 is 4.74 Å². The Bertz CT molecular complexity index is 998. The number of rotatable bonds is 10. The lowest BCUT2D eigenvalue weighted by Crippen LogP contribution is -2.05. The number of hydrogen-bond donors (Lipinski definition) is 0. The zero-order chi connectivity index (χ0) is 22.3. The lowest BCUT2D eigenvalue weighted by molar-refractivity contribution is -0.137. The number of halogens is 3. The second-order valence-electron chi connectivity index (χ2n) is 8.04. The Morgan fingerprint density at radius 3 is 2.35 bits per heavy atom. The number of pyridine rings is 1. The van der Waals surface area contributed by atoms with E-state index in [1.807, 2.05) is 24.3 Å². The van der Waals surface area contributed by atoms with Crippen LogP contribution in [0.2, 0.25) is 0 Å². The number of fused-ring (bicyclic) bond motifs is 1. The quantitative estimate of drug-likeness (QED) is 0.302. The van der Waals surface area contributed by atoms with Gasteiger partial charge < -0.3 is 4.74 Å². The van der Waals surface area contributed by atoms with Crippen LogP contribution in [0.3, 0.4) is 0 Å². The second kappa shape index (κ2) is 10.7. The zero-order valence-electron chi connectivity index (χ0n) is 18.3. The van der Waals surface area contributed by atoms with Crippen molar-refractivity contribution in [3.63, 3.8) is 0 Å². The van der Waals surface area contributed by atoms with Crippen molar-refractivity contribution in [2.45, 2.75) is 65.0 Å². The van der Waals surface area contributed by atoms with E-state index in [1.54, 1.807) is 13.1 Å². The Labute approximate surface area is 182 Å². The Hall–Kier alpha value is -2.56. The molecule has 0 amide bonds. The molecule has 0 aliphatic carbocycles. The predicted molar refractivity (Wildman–Crippen MR) is 120 cm³/mol. The first-order valence-corrected chi connectivity index (χ1v) is 11.1. The maximum absolute atomic E-state index is 13.2. The molecule has 0 radical (unpaired) electrons. The lowest BCUT2D eigenvalue weighted by Gasteiger charge is -2.14. The van der Waals surface area contributed by atoms with Crippen molar-refractivity contribution < 1.29 is 17.9 Å². The van der Waals surface area contributed by atoms with Gasteiger partial charge in [-0.05, 0) is 54.6 Å². The van der Waals surface area contributed by atoms with Crippen LogP contribution >= 0.6 is 0 Å². The van der Waals surface area contributed by atoms with Gasteiger partial charge in [-0.3, -0.25) is 4.98 Å². The molecule has 0 aliphatic rings. The molecule has 0 N–H and O–H groups in total. The van der Waals surface area contributed by atoms with Crippen LogP contribution in [0, 0.1) is 6.92 Å². The van der Waals surface area contributed by atoms with Crippen LogP contribution in [0.25, 0.3) is 22.0 Å². The molecule has 0 fully saturated rings. The van der Waals surface area contributed by atoms with E-state index in [0.29, 0.717) is 17.9 Å². The van der Waals surface area contributed by atoms with Gasteiger partial charge in [-0.1, -0.05) is 57.6 Å². The van der Waals surface area contributed by atoms with Crippen LogP contribution in [-0.2, 0) is 6.18 Å². The normalized spacial score (nSPS) is 11.8. The van der Waals surface area contributed by atoms with Gasteiger partial charge in [-0.2, -0.15) is 13.2 Å². The molecule has 3 rings (SSSR count). The van der Waals surface area contributed by atoms with E-state index >= 15 is 0 Å². The van der Waals surface area contributed by atoms with Gasteiger partial charge in [0.15, 0.2) is 0 Å². The van der Waals surface area contributed by atoms with Crippen LogP contribution in [-0.4, -0.2) is 11.6 Å². The number of nitrogens with zero attached hydrogens (tertiary/aromatic N) is 1. The van der Waals surface area contributed by atoms with Gasteiger partial charge in [0.25, 0.3) is 0 Å². The van der Waals surface area contributed by atoms with Crippen molar-refractivity contribution in [2.24, 2.45) is 0 Å². The summed E-state index contributed by atoms with van der Waals surface area (Å²) in [6.07, 6.45) is 5.74. The van der Waals surface area contributed by atoms with E-state index in [9.17, 15) is 13.2 Å². The molecule has 0 aliphatic heterocycles. The third-order valence-corrected chi connectivity index (χ3v) is 5.57. The number of hydrogen-bond acceptors (Lipinski definition) is 2. The highest BCUT2D eigenvalue weighted by atomic mass is 19.4. The third kappa shape index (κ3) is 6.22. The summed E-state index contributed by atoms with van der Waals surface area (Å²) in [5, 5.41) is 1.71. The van der Waals surface area contributed by atoms with Crippen LogP contribution in [0.5, 0.6) is 5.75 Å². The van der Waals surface area contributed by atoms with Gasteiger partial charge in [0.05, 0.1) is 17.9 Å². The third-order valence-electron chi connectivity index (χ3n) is 5.57. The van der Waals surface area contributed by atoms with Crippen molar-refractivity contribution in [3.05, 3.63) is 59.8 Å². The molecule has 0 atom stereocenters. The number of aryl methyl sites for hydroxylation is 1. The van der Waals surface area contributed by atoms with Gasteiger partial charge in [-0.25, -0.2) is 0 Å². The van der Waals surface area contributed by atoms with Crippen LogP contribution in [0.1, 0.15) is 63.0 Å². The van der Waals surface area contributed by atoms with E-state index in [0.717, 1.165) is 41.0 Å². The Balaban J connectivity index is 1.76. The minimum absolute atomic E-state index is 0.490. The Kier molecular flexibility index (Phi) is 7.94. The second-order valence-corrected chi connectivity index (χ2v) is 8.04. The average molecular weight is 430 g/mol. The molecular formula is C26H30F3NO. The smallest absolute Gasteiger partial charge is 0.416 e. The summed E-state index contributed by atoms with van der Waals surface area (Å²) in [7, 11) is 0. The summed E-state index contributed by atoms with van der Waals surface area (Å²) in [4.78, 5) is 4.42. The molecule has 0 bridgehead atoms. The summed E-state index contributed by atoms with van der Waals surface area (Å²) >= 11 is 0. The van der Waals surface area contributed by atoms with E-state index in [1.165, 1.54) is 44.2 Å². The first-order valence-electron chi connectivity index (χ1n) is 11.1. The van der Waals surface area contributed by atoms with Crippen LogP contribution in [0.4, 0.5) is 13.2 Å². The fourth-order valence-electron chi connectivity index (χ4n) is 3.75. The van der Waals surface area contributed by atoms with E-state index in [-0.39, 0.29) is 0 Å². The van der Waals surface area contributed by atoms with Gasteiger partial charge in [0.1, 0.15) is 5.75 Å². The number of alkyl halides is 3. The molecule has 2 nitrogen and oxygen atoms in total. The molecule has 0 unspecified atom stereocenters. The summed E-state index contributed by atoms with van der Waals surface area (Å²) in [5.74, 6) is 0.720. The number of ether oxygens (including phenoxy) is 1. The van der Waals surface area contributed by atoms with Gasteiger partial charge in [-0.15, -0.1) is 0 Å². The predicted octanol–water partition coefficient (Wildman–Crippen LogP) is 8.36. The molecule has 2 aromatic carbocycles. The summed E-state index contributed by atoms with van der Waals surface area (Å²) in [5.41, 5.74) is 1.12. The molecule has 1 aromatic heterocycles. The average Bonchev–Trinajstić information content (AvgIpc) is 2.75. The van der Waals surface area contributed by atoms with E-state index < -0.39 is 11.7 Å². The first kappa shape index (κ1) is 23.1. The van der Waals surface area contributed by atoms with Crippen LogP contribution in [0.15, 0.2) is 48.7 Å². The monoisotopic (exact) mass is 429 g/mol. The van der Waals surface area contributed by atoms with Gasteiger partial charge in [0, 0.05) is 17.1 Å². The maximum atomic E-state index is 13.2. The highest BCUT2D eigenvalue weighted by molar-refractivity contribution is 5.96. The molecular weight excluding hydrogens is 399 g/mol. The van der Waals surface area contributed by atoms with Gasteiger partial charge >= 0.3 is 6.18 Å². The number of unbranched alkanes of at least 4 members (excludes halogenated alkanes) is 6. The SMILES string of the molecule is CCCCCCCCCOc1ccc2ccnc(-c3cc(C(F)(F)F)ccc3C)c2c1. The van der Waals surface area contributed by atoms with Crippen molar-refractivity contribution in [1.82, 2.24) is 4.98 Å². The van der Waals surface area contributed by atoms with Crippen molar-refractivity contribution in [2.75, 3.05) is 6.61 Å². The fourth-order valence-corrected chi connectivity index (χ4v) is 3.75. The topological polar surface area (TPSA) is 22.1 Å². The molecule has 166 valence electrons. The van der Waals surface area contributed by atoms with E-state index in [4.69, 9.17) is 4.74 Å². The minimum atomic E-state index is -4.39. The van der Waals surface area contributed by atoms with Crippen molar-refractivity contribution in [3.8, 4) is 17.0 Å². The van der Waals surface area contributed by atoms with Crippen molar-refractivity contribution >= 4 is 10.8 Å². The van der Waals surface area contributed by atoms with E-state index in [2.05, 4.69) is 11.9 Å². The number of benzene rings is 2. The largest absolute Gasteiger partial charge is 0.494 e. The summed E-state index contributed by atoms with van der Waals surface area (Å²) in [6, 6.07) is 11.4. The summed E-state index contributed by atoms with van der Waals surface area (Å²) in [6.45, 7) is 4.65. The molecule has 0 saturated heterocycles. The lowest BCUT2D eigenvalue weighted by atomic mass is 9.97.